The summed E-state index contributed by atoms with van der Waals surface area (Å²) in [5, 5.41) is 1.46. The highest BCUT2D eigenvalue weighted by Gasteiger charge is 2.15. The summed E-state index contributed by atoms with van der Waals surface area (Å²) < 4.78 is 5.11. The normalized spacial score (nSPS) is 11.1. The van der Waals surface area contributed by atoms with Gasteiger partial charge in [-0.25, -0.2) is 0 Å². The van der Waals surface area contributed by atoms with Crippen molar-refractivity contribution in [3.8, 4) is 5.75 Å². The Morgan fingerprint density at radius 3 is 2.07 bits per heavy atom. The molecule has 4 heteroatoms. The van der Waals surface area contributed by atoms with Gasteiger partial charge in [-0.05, 0) is 24.4 Å². The van der Waals surface area contributed by atoms with Gasteiger partial charge in [-0.15, -0.1) is 0 Å². The summed E-state index contributed by atoms with van der Waals surface area (Å²) in [6, 6.07) is 7.99. The van der Waals surface area contributed by atoms with Crippen molar-refractivity contribution in [2.75, 3.05) is 0 Å². The SMILES string of the molecule is C[Si](C)(C)c1ccc(OC(N)=S)cc1. The average molecular weight is 225 g/mol. The summed E-state index contributed by atoms with van der Waals surface area (Å²) in [7, 11) is -1.22. The first-order valence-electron chi connectivity index (χ1n) is 4.47. The second-order valence-electron chi connectivity index (χ2n) is 4.20. The van der Waals surface area contributed by atoms with E-state index in [1.165, 1.54) is 5.19 Å². The standard InChI is InChI=1S/C10H15NOSSi/c1-14(2,3)9-6-4-8(5-7-9)12-10(11)13/h4-7H,1-3H3,(H2,11,13). The molecule has 0 fully saturated rings. The minimum Gasteiger partial charge on any atom is -0.432 e. The second-order valence-corrected chi connectivity index (χ2v) is 9.68. The monoisotopic (exact) mass is 225 g/mol. The fourth-order valence-corrected chi connectivity index (χ4v) is 2.40. The molecule has 0 aromatic heterocycles. The largest absolute Gasteiger partial charge is 0.432 e. The molecule has 14 heavy (non-hydrogen) atoms. The first-order valence-corrected chi connectivity index (χ1v) is 8.38. The van der Waals surface area contributed by atoms with E-state index in [4.69, 9.17) is 10.5 Å². The predicted octanol–water partition coefficient (Wildman–Crippen LogP) is 1.85. The molecule has 1 aromatic carbocycles. The van der Waals surface area contributed by atoms with E-state index in [0.717, 1.165) is 0 Å². The average Bonchev–Trinajstić information content (AvgIpc) is 2.02. The topological polar surface area (TPSA) is 35.2 Å². The Morgan fingerprint density at radius 2 is 1.71 bits per heavy atom. The molecule has 0 aliphatic heterocycles. The number of hydrogen-bond donors (Lipinski definition) is 1. The van der Waals surface area contributed by atoms with Gasteiger partial charge < -0.3 is 10.5 Å². The van der Waals surface area contributed by atoms with Gasteiger partial charge >= 0.3 is 0 Å². The Kier molecular flexibility index (Phi) is 3.28. The fourth-order valence-electron chi connectivity index (χ4n) is 1.14. The van der Waals surface area contributed by atoms with Crippen molar-refractivity contribution in [3.05, 3.63) is 24.3 Å². The molecule has 0 saturated heterocycles. The molecule has 0 unspecified atom stereocenters. The lowest BCUT2D eigenvalue weighted by Crippen LogP contribution is -2.37. The smallest absolute Gasteiger partial charge is 0.259 e. The van der Waals surface area contributed by atoms with Crippen molar-refractivity contribution in [1.29, 1.82) is 0 Å². The Labute approximate surface area is 91.1 Å². The number of nitrogens with two attached hydrogens (primary N) is 1. The predicted molar refractivity (Wildman–Crippen MR) is 66.8 cm³/mol. The quantitative estimate of drug-likeness (QED) is 0.616. The van der Waals surface area contributed by atoms with Crippen LogP contribution in [-0.2, 0) is 0 Å². The molecule has 0 heterocycles. The van der Waals surface area contributed by atoms with Crippen LogP contribution in [0.1, 0.15) is 0 Å². The molecule has 0 spiro atoms. The third kappa shape index (κ3) is 3.12. The minimum absolute atomic E-state index is 0.0609. The Balaban J connectivity index is 2.84. The van der Waals surface area contributed by atoms with Crippen LogP contribution in [0.4, 0.5) is 0 Å². The molecule has 1 rings (SSSR count). The van der Waals surface area contributed by atoms with Crippen molar-refractivity contribution in [2.45, 2.75) is 19.6 Å². The van der Waals surface area contributed by atoms with Crippen LogP contribution < -0.4 is 15.7 Å². The maximum Gasteiger partial charge on any atom is 0.259 e. The van der Waals surface area contributed by atoms with E-state index in [-0.39, 0.29) is 5.17 Å². The van der Waals surface area contributed by atoms with E-state index in [1.807, 2.05) is 12.1 Å². The Bertz CT molecular complexity index is 329. The zero-order valence-corrected chi connectivity index (χ0v) is 10.5. The highest BCUT2D eigenvalue weighted by Crippen LogP contribution is 2.10. The molecule has 2 N–H and O–H groups in total. The molecule has 0 saturated carbocycles. The Hall–Kier alpha value is -0.873. The molecule has 0 amide bonds. The molecular weight excluding hydrogens is 210 g/mol. The van der Waals surface area contributed by atoms with E-state index in [2.05, 4.69) is 44.0 Å². The third-order valence-corrected chi connectivity index (χ3v) is 4.09. The van der Waals surface area contributed by atoms with Crippen LogP contribution in [0.5, 0.6) is 5.75 Å². The van der Waals surface area contributed by atoms with E-state index < -0.39 is 8.07 Å². The number of hydrogen-bond acceptors (Lipinski definition) is 2. The first kappa shape index (κ1) is 11.2. The van der Waals surface area contributed by atoms with Gasteiger partial charge in [-0.1, -0.05) is 37.0 Å². The van der Waals surface area contributed by atoms with E-state index >= 15 is 0 Å². The second kappa shape index (κ2) is 4.10. The van der Waals surface area contributed by atoms with Crippen molar-refractivity contribution >= 4 is 30.7 Å². The van der Waals surface area contributed by atoms with Gasteiger partial charge in [0, 0.05) is 0 Å². The lowest BCUT2D eigenvalue weighted by molar-refractivity contribution is 0.557. The van der Waals surface area contributed by atoms with Crippen LogP contribution in [0.15, 0.2) is 24.3 Å². The maximum atomic E-state index is 5.27. The number of ether oxygens (including phenoxy) is 1. The number of benzene rings is 1. The zero-order chi connectivity index (χ0) is 10.8. The summed E-state index contributed by atoms with van der Waals surface area (Å²) in [4.78, 5) is 0. The highest BCUT2D eigenvalue weighted by molar-refractivity contribution is 7.80. The molecule has 0 aliphatic rings. The van der Waals surface area contributed by atoms with E-state index in [9.17, 15) is 0 Å². The molecule has 76 valence electrons. The number of thiocarbonyl (C=S) groups is 1. The van der Waals surface area contributed by atoms with Crippen LogP contribution in [0.3, 0.4) is 0 Å². The molecule has 0 atom stereocenters. The summed E-state index contributed by atoms with van der Waals surface area (Å²) in [6.45, 7) is 6.91. The van der Waals surface area contributed by atoms with Crippen molar-refractivity contribution < 1.29 is 4.74 Å². The molecule has 1 aromatic rings. The molecular formula is C10H15NOSSi. The van der Waals surface area contributed by atoms with Gasteiger partial charge in [0.15, 0.2) is 0 Å². The van der Waals surface area contributed by atoms with Crippen LogP contribution in [0.2, 0.25) is 19.6 Å². The van der Waals surface area contributed by atoms with Crippen LogP contribution in [-0.4, -0.2) is 13.2 Å². The fraction of sp³-hybridized carbons (Fsp3) is 0.300. The van der Waals surface area contributed by atoms with E-state index in [1.54, 1.807) is 0 Å². The van der Waals surface area contributed by atoms with Gasteiger partial charge in [-0.2, -0.15) is 0 Å². The van der Waals surface area contributed by atoms with Crippen LogP contribution >= 0.6 is 12.2 Å². The van der Waals surface area contributed by atoms with Gasteiger partial charge in [-0.3, -0.25) is 0 Å². The van der Waals surface area contributed by atoms with Crippen molar-refractivity contribution in [1.82, 2.24) is 0 Å². The minimum atomic E-state index is -1.22. The van der Waals surface area contributed by atoms with Crippen LogP contribution in [0, 0.1) is 0 Å². The molecule has 0 radical (unpaired) electrons. The number of rotatable bonds is 2. The maximum absolute atomic E-state index is 5.27. The Morgan fingerprint density at radius 1 is 1.21 bits per heavy atom. The molecule has 0 aliphatic carbocycles. The lowest BCUT2D eigenvalue weighted by Gasteiger charge is -2.16. The lowest BCUT2D eigenvalue weighted by atomic mass is 10.3. The molecule has 2 nitrogen and oxygen atoms in total. The third-order valence-electron chi connectivity index (χ3n) is 1.94. The van der Waals surface area contributed by atoms with Gasteiger partial charge in [0.2, 0.25) is 0 Å². The summed E-state index contributed by atoms with van der Waals surface area (Å²) >= 11 is 4.65. The summed E-state index contributed by atoms with van der Waals surface area (Å²) in [6.07, 6.45) is 0. The van der Waals surface area contributed by atoms with Crippen LogP contribution in [0.25, 0.3) is 0 Å². The van der Waals surface area contributed by atoms with Gasteiger partial charge in [0.25, 0.3) is 5.17 Å². The van der Waals surface area contributed by atoms with Crippen molar-refractivity contribution in [3.63, 3.8) is 0 Å². The zero-order valence-electron chi connectivity index (χ0n) is 8.70. The van der Waals surface area contributed by atoms with Gasteiger partial charge in [0.1, 0.15) is 5.75 Å². The van der Waals surface area contributed by atoms with Crippen molar-refractivity contribution in [2.24, 2.45) is 5.73 Å². The first-order chi connectivity index (χ1) is 6.39. The highest BCUT2D eigenvalue weighted by atomic mass is 32.1. The summed E-state index contributed by atoms with van der Waals surface area (Å²) in [5.41, 5.74) is 5.27. The summed E-state index contributed by atoms with van der Waals surface area (Å²) in [5.74, 6) is 0.708. The van der Waals surface area contributed by atoms with E-state index in [0.29, 0.717) is 5.75 Å². The van der Waals surface area contributed by atoms with Gasteiger partial charge in [0.05, 0.1) is 8.07 Å². The molecule has 0 bridgehead atoms.